The zero-order valence-corrected chi connectivity index (χ0v) is 29.9. The molecule has 6 aromatic rings. The van der Waals surface area contributed by atoms with Crippen LogP contribution in [0.2, 0.25) is 0 Å². The van der Waals surface area contributed by atoms with Crippen molar-refractivity contribution >= 4 is 57.5 Å². The minimum absolute atomic E-state index is 0.00235. The molecular weight excluding hydrogens is 630 g/mol. The monoisotopic (exact) mass is 670 g/mol. The van der Waals surface area contributed by atoms with Gasteiger partial charge in [-0.15, -0.1) is 0 Å². The minimum Gasteiger partial charge on any atom is -0.218 e. The van der Waals surface area contributed by atoms with E-state index < -0.39 is 25.7 Å². The molecule has 0 N–H and O–H groups in total. The quantitative estimate of drug-likeness (QED) is 0.138. The lowest BCUT2D eigenvalue weighted by Crippen LogP contribution is -2.31. The van der Waals surface area contributed by atoms with Crippen LogP contribution >= 0.6 is 15.8 Å². The Kier molecular flexibility index (Phi) is 10.2. The predicted molar refractivity (Wildman–Crippen MR) is 204 cm³/mol. The summed E-state index contributed by atoms with van der Waals surface area (Å²) < 4.78 is 31.8. The molecule has 0 bridgehead atoms. The molecule has 0 heterocycles. The van der Waals surface area contributed by atoms with Crippen molar-refractivity contribution in [3.05, 3.63) is 169 Å². The molecule has 0 aliphatic rings. The Morgan fingerprint density at radius 2 is 0.660 bits per heavy atom. The fourth-order valence-electron chi connectivity index (χ4n) is 6.20. The molecule has 0 saturated heterocycles. The zero-order valence-electron chi connectivity index (χ0n) is 27.3. The van der Waals surface area contributed by atoms with E-state index in [4.69, 9.17) is 0 Å². The van der Waals surface area contributed by atoms with Gasteiger partial charge in [0.15, 0.2) is 0 Å². The van der Waals surface area contributed by atoms with Gasteiger partial charge < -0.3 is 0 Å². The fraction of sp³-hybridized carbons (Fsp3) is 0.143. The Morgan fingerprint density at radius 3 is 0.915 bits per heavy atom. The van der Waals surface area contributed by atoms with Crippen LogP contribution in [0.1, 0.15) is 50.7 Å². The van der Waals surface area contributed by atoms with Crippen LogP contribution in [0.5, 0.6) is 0 Å². The summed E-state index contributed by atoms with van der Waals surface area (Å²) in [6.07, 6.45) is 0. The van der Waals surface area contributed by atoms with E-state index in [0.29, 0.717) is 9.79 Å². The largest absolute Gasteiger partial charge is 0.218 e. The van der Waals surface area contributed by atoms with Crippen LogP contribution < -0.4 is 31.8 Å². The normalized spacial score (nSPS) is 11.9. The number of benzene rings is 6. The highest BCUT2D eigenvalue weighted by atomic mass is 32.2. The van der Waals surface area contributed by atoms with Crippen LogP contribution in [0.4, 0.5) is 0 Å². The average molecular weight is 671 g/mol. The smallest absolute Gasteiger partial charge is 0.208 e. The molecule has 6 rings (SSSR count). The van der Waals surface area contributed by atoms with Crippen molar-refractivity contribution in [1.29, 1.82) is 0 Å². The number of rotatable bonds is 10. The standard InChI is InChI=1S/C42H40O2P2S/c1-31(2)37-27-17-29-39(45(33-19-9-5-10-20-33)34-21-11-6-12-22-34)41(37)47(43,44)42-38(32(3)4)28-18-30-40(42)46(35-23-13-7-14-24-35)36-25-15-8-16-26-36/h5-32H,1-4H3. The summed E-state index contributed by atoms with van der Waals surface area (Å²) in [6, 6.07) is 53.8. The third-order valence-corrected chi connectivity index (χ3v) is 15.6. The van der Waals surface area contributed by atoms with Crippen molar-refractivity contribution in [2.45, 2.75) is 49.3 Å². The highest BCUT2D eigenvalue weighted by Gasteiger charge is 2.36. The van der Waals surface area contributed by atoms with E-state index in [9.17, 15) is 0 Å². The summed E-state index contributed by atoms with van der Waals surface area (Å²) >= 11 is 0. The van der Waals surface area contributed by atoms with E-state index >= 15 is 8.42 Å². The molecule has 236 valence electrons. The summed E-state index contributed by atoms with van der Waals surface area (Å²) in [5, 5.41) is 6.24. The minimum atomic E-state index is -4.04. The van der Waals surface area contributed by atoms with Gasteiger partial charge in [-0.25, -0.2) is 8.42 Å². The van der Waals surface area contributed by atoms with Gasteiger partial charge in [0, 0.05) is 10.6 Å². The van der Waals surface area contributed by atoms with Gasteiger partial charge in [0.25, 0.3) is 0 Å². The van der Waals surface area contributed by atoms with Crippen molar-refractivity contribution in [1.82, 2.24) is 0 Å². The lowest BCUT2D eigenvalue weighted by Gasteiger charge is -2.28. The fourth-order valence-corrected chi connectivity index (χ4v) is 14.3. The van der Waals surface area contributed by atoms with Crippen LogP contribution in [0, 0.1) is 0 Å². The van der Waals surface area contributed by atoms with E-state index in [2.05, 4.69) is 88.4 Å². The van der Waals surface area contributed by atoms with Gasteiger partial charge in [0.2, 0.25) is 9.84 Å². The molecule has 2 nitrogen and oxygen atoms in total. The predicted octanol–water partition coefficient (Wildman–Crippen LogP) is 8.28. The molecule has 6 aromatic carbocycles. The summed E-state index contributed by atoms with van der Waals surface area (Å²) in [6.45, 7) is 8.39. The van der Waals surface area contributed by atoms with Crippen LogP contribution in [-0.4, -0.2) is 8.42 Å². The van der Waals surface area contributed by atoms with Crippen molar-refractivity contribution in [3.63, 3.8) is 0 Å². The Labute approximate surface area is 283 Å². The molecule has 0 spiro atoms. The van der Waals surface area contributed by atoms with Crippen molar-refractivity contribution in [2.75, 3.05) is 0 Å². The second-order valence-electron chi connectivity index (χ2n) is 12.2. The third kappa shape index (κ3) is 6.77. The number of sulfone groups is 1. The molecule has 0 radical (unpaired) electrons. The van der Waals surface area contributed by atoms with Crippen LogP contribution in [0.15, 0.2) is 168 Å². The molecule has 5 heteroatoms. The summed E-state index contributed by atoms with van der Waals surface area (Å²) in [7, 11) is -6.39. The van der Waals surface area contributed by atoms with Crippen molar-refractivity contribution in [2.24, 2.45) is 0 Å². The molecule has 0 atom stereocenters. The Morgan fingerprint density at radius 1 is 0.383 bits per heavy atom. The van der Waals surface area contributed by atoms with E-state index in [0.717, 1.165) is 43.0 Å². The Bertz CT molecular complexity index is 1820. The van der Waals surface area contributed by atoms with Crippen LogP contribution in [0.3, 0.4) is 0 Å². The first-order valence-electron chi connectivity index (χ1n) is 16.1. The SMILES string of the molecule is CC(C)c1cccc(P(c2ccccc2)c2ccccc2)c1S(=O)(=O)c1c(C(C)C)cccc1P(c1ccccc1)c1ccccc1. The molecule has 0 saturated carbocycles. The Hall–Kier alpha value is -3.87. The summed E-state index contributed by atoms with van der Waals surface area (Å²) in [4.78, 5) is 0.915. The molecule has 47 heavy (non-hydrogen) atoms. The number of hydrogen-bond acceptors (Lipinski definition) is 2. The lowest BCUT2D eigenvalue weighted by atomic mass is 10.0. The van der Waals surface area contributed by atoms with Crippen LogP contribution in [-0.2, 0) is 9.84 Å². The van der Waals surface area contributed by atoms with Gasteiger partial charge in [0.05, 0.1) is 9.79 Å². The first-order valence-corrected chi connectivity index (χ1v) is 20.3. The lowest BCUT2D eigenvalue weighted by molar-refractivity contribution is 0.593. The van der Waals surface area contributed by atoms with Gasteiger partial charge >= 0.3 is 0 Å². The highest BCUT2D eigenvalue weighted by molar-refractivity contribution is 7.94. The summed E-state index contributed by atoms with van der Waals surface area (Å²) in [5.74, 6) is 0.00471. The zero-order chi connectivity index (χ0) is 33.0. The first-order chi connectivity index (χ1) is 22.8. The molecule has 0 unspecified atom stereocenters. The Balaban J connectivity index is 1.71. The van der Waals surface area contributed by atoms with Gasteiger partial charge in [-0.3, -0.25) is 0 Å². The maximum absolute atomic E-state index is 15.9. The highest BCUT2D eigenvalue weighted by Crippen LogP contribution is 2.43. The molecule has 0 aliphatic carbocycles. The maximum Gasteiger partial charge on any atom is 0.208 e. The van der Waals surface area contributed by atoms with Gasteiger partial charge in [-0.05, 0) is 60.0 Å². The van der Waals surface area contributed by atoms with E-state index in [-0.39, 0.29) is 11.8 Å². The molecule has 0 aromatic heterocycles. The van der Waals surface area contributed by atoms with Gasteiger partial charge in [-0.2, -0.15) is 0 Å². The summed E-state index contributed by atoms with van der Waals surface area (Å²) in [5.41, 5.74) is 1.71. The molecule has 0 amide bonds. The van der Waals surface area contributed by atoms with Gasteiger partial charge in [0.1, 0.15) is 0 Å². The first kappa shape index (κ1) is 33.0. The van der Waals surface area contributed by atoms with E-state index in [1.807, 2.05) is 97.1 Å². The topological polar surface area (TPSA) is 34.1 Å². The average Bonchev–Trinajstić information content (AvgIpc) is 3.10. The molecule has 0 aliphatic heterocycles. The maximum atomic E-state index is 15.9. The molecule has 0 fully saturated rings. The van der Waals surface area contributed by atoms with Crippen LogP contribution in [0.25, 0.3) is 0 Å². The van der Waals surface area contributed by atoms with Crippen molar-refractivity contribution < 1.29 is 8.42 Å². The second kappa shape index (κ2) is 14.5. The van der Waals surface area contributed by atoms with E-state index in [1.54, 1.807) is 0 Å². The second-order valence-corrected chi connectivity index (χ2v) is 18.4. The number of hydrogen-bond donors (Lipinski definition) is 0. The van der Waals surface area contributed by atoms with Gasteiger partial charge in [-0.1, -0.05) is 185 Å². The van der Waals surface area contributed by atoms with Crippen molar-refractivity contribution in [3.8, 4) is 0 Å². The molecular formula is C42H40O2P2S. The van der Waals surface area contributed by atoms with E-state index in [1.165, 1.54) is 0 Å². The third-order valence-electron chi connectivity index (χ3n) is 8.37.